The van der Waals surface area contributed by atoms with Gasteiger partial charge in [0, 0.05) is 17.5 Å². The fourth-order valence-corrected chi connectivity index (χ4v) is 3.28. The van der Waals surface area contributed by atoms with Crippen LogP contribution in [0.25, 0.3) is 0 Å². The number of aliphatic imine (C=N–C) groups is 1. The number of benzene rings is 2. The van der Waals surface area contributed by atoms with Gasteiger partial charge in [0.05, 0.1) is 13.3 Å². The van der Waals surface area contributed by atoms with Gasteiger partial charge in [-0.05, 0) is 55.2 Å². The summed E-state index contributed by atoms with van der Waals surface area (Å²) in [6, 6.07) is 11.4. The summed E-state index contributed by atoms with van der Waals surface area (Å²) in [5, 5.41) is 3.28. The average Bonchev–Trinajstić information content (AvgIpc) is 2.60. The first kappa shape index (κ1) is 20.9. The van der Waals surface area contributed by atoms with Crippen LogP contribution in [0.15, 0.2) is 54.2 Å². The van der Waals surface area contributed by atoms with Gasteiger partial charge in [-0.3, -0.25) is 4.57 Å². The molecule has 0 aliphatic carbocycles. The van der Waals surface area contributed by atoms with E-state index < -0.39 is 7.60 Å². The minimum atomic E-state index is -3.99. The minimum absolute atomic E-state index is 0.161. The number of aryl methyl sites for hydroxylation is 3. The Morgan fingerprint density at radius 3 is 2.44 bits per heavy atom. The molecule has 0 aliphatic rings. The Bertz CT molecular complexity index is 886. The SMILES string of the molecule is C=CN=C(Nc1ccc(CCP(=O)(O)O)cc1)c1cc(OC)c(C)cc1C. The van der Waals surface area contributed by atoms with E-state index in [9.17, 15) is 4.57 Å². The Labute approximate surface area is 159 Å². The van der Waals surface area contributed by atoms with E-state index in [1.54, 1.807) is 7.11 Å². The van der Waals surface area contributed by atoms with Gasteiger partial charge in [-0.15, -0.1) is 0 Å². The first-order chi connectivity index (χ1) is 12.7. The summed E-state index contributed by atoms with van der Waals surface area (Å²) in [4.78, 5) is 22.3. The number of hydrogen-bond acceptors (Lipinski definition) is 3. The predicted molar refractivity (Wildman–Crippen MR) is 110 cm³/mol. The van der Waals surface area contributed by atoms with E-state index in [1.807, 2.05) is 50.2 Å². The lowest BCUT2D eigenvalue weighted by Gasteiger charge is -2.15. The topological polar surface area (TPSA) is 91.2 Å². The lowest BCUT2D eigenvalue weighted by Crippen LogP contribution is -2.15. The van der Waals surface area contributed by atoms with Crippen molar-refractivity contribution in [3.63, 3.8) is 0 Å². The first-order valence-electron chi connectivity index (χ1n) is 8.48. The molecule has 0 radical (unpaired) electrons. The van der Waals surface area contributed by atoms with Crippen molar-refractivity contribution < 1.29 is 19.1 Å². The fraction of sp³-hybridized carbons (Fsp3) is 0.250. The van der Waals surface area contributed by atoms with Crippen LogP contribution in [0.5, 0.6) is 5.75 Å². The van der Waals surface area contributed by atoms with Crippen LogP contribution < -0.4 is 10.1 Å². The highest BCUT2D eigenvalue weighted by Crippen LogP contribution is 2.35. The van der Waals surface area contributed by atoms with E-state index in [0.717, 1.165) is 33.7 Å². The molecule has 2 rings (SSSR count). The molecule has 7 heteroatoms. The van der Waals surface area contributed by atoms with Crippen molar-refractivity contribution in [1.29, 1.82) is 0 Å². The van der Waals surface area contributed by atoms with Crippen molar-refractivity contribution in [2.75, 3.05) is 18.6 Å². The molecule has 6 nitrogen and oxygen atoms in total. The Balaban J connectivity index is 2.24. The number of amidine groups is 1. The van der Waals surface area contributed by atoms with Crippen LogP contribution in [0.3, 0.4) is 0 Å². The van der Waals surface area contributed by atoms with Crippen molar-refractivity contribution in [2.24, 2.45) is 4.99 Å². The standard InChI is InChI=1S/C20H25N2O4P/c1-5-21-20(18-13-19(26-4)15(3)12-14(18)2)22-17-8-6-16(7-9-17)10-11-27(23,24)25/h5-9,12-13H,1,10-11H2,2-4H3,(H,21,22)(H2,23,24,25). The van der Waals surface area contributed by atoms with E-state index in [2.05, 4.69) is 16.9 Å². The number of methoxy groups -OCH3 is 1. The summed E-state index contributed by atoms with van der Waals surface area (Å²) in [5.74, 6) is 1.42. The van der Waals surface area contributed by atoms with Gasteiger partial charge in [0.2, 0.25) is 0 Å². The molecule has 0 spiro atoms. The zero-order valence-corrected chi connectivity index (χ0v) is 16.7. The van der Waals surface area contributed by atoms with Gasteiger partial charge in [-0.25, -0.2) is 4.99 Å². The van der Waals surface area contributed by atoms with Crippen molar-refractivity contribution in [3.05, 3.63) is 71.4 Å². The fourth-order valence-electron chi connectivity index (χ4n) is 2.73. The van der Waals surface area contributed by atoms with Gasteiger partial charge >= 0.3 is 7.60 Å². The largest absolute Gasteiger partial charge is 0.496 e. The van der Waals surface area contributed by atoms with E-state index in [-0.39, 0.29) is 6.16 Å². The van der Waals surface area contributed by atoms with Gasteiger partial charge in [-0.1, -0.05) is 24.8 Å². The van der Waals surface area contributed by atoms with Crippen LogP contribution in [0.4, 0.5) is 5.69 Å². The Hall–Kier alpha value is -2.40. The number of nitrogens with zero attached hydrogens (tertiary/aromatic N) is 1. The van der Waals surface area contributed by atoms with Gasteiger partial charge in [-0.2, -0.15) is 0 Å². The summed E-state index contributed by atoms with van der Waals surface area (Å²) >= 11 is 0. The quantitative estimate of drug-likeness (QED) is 0.378. The van der Waals surface area contributed by atoms with Crippen LogP contribution >= 0.6 is 7.60 Å². The molecule has 3 N–H and O–H groups in total. The highest BCUT2D eigenvalue weighted by molar-refractivity contribution is 7.51. The third-order valence-electron chi connectivity index (χ3n) is 4.13. The lowest BCUT2D eigenvalue weighted by atomic mass is 10.0. The van der Waals surface area contributed by atoms with E-state index in [4.69, 9.17) is 14.5 Å². The van der Waals surface area contributed by atoms with Crippen molar-refractivity contribution in [1.82, 2.24) is 0 Å². The molecule has 144 valence electrons. The van der Waals surface area contributed by atoms with Gasteiger partial charge in [0.1, 0.15) is 11.6 Å². The molecule has 0 atom stereocenters. The minimum Gasteiger partial charge on any atom is -0.496 e. The second-order valence-corrected chi connectivity index (χ2v) is 8.03. The summed E-state index contributed by atoms with van der Waals surface area (Å²) in [7, 11) is -2.36. The normalized spacial score (nSPS) is 12.0. The van der Waals surface area contributed by atoms with Gasteiger partial charge in [0.25, 0.3) is 0 Å². The third-order valence-corrected chi connectivity index (χ3v) is 4.93. The number of hydrogen-bond donors (Lipinski definition) is 3. The molecular weight excluding hydrogens is 363 g/mol. The summed E-state index contributed by atoms with van der Waals surface area (Å²) < 4.78 is 16.4. The third kappa shape index (κ3) is 6.07. The molecule has 0 fully saturated rings. The summed E-state index contributed by atoms with van der Waals surface area (Å²) in [5.41, 5.74) is 4.68. The van der Waals surface area contributed by atoms with Crippen LogP contribution in [0.2, 0.25) is 0 Å². The highest BCUT2D eigenvalue weighted by atomic mass is 31.2. The maximum absolute atomic E-state index is 11.0. The van der Waals surface area contributed by atoms with Crippen LogP contribution in [0, 0.1) is 13.8 Å². The Morgan fingerprint density at radius 2 is 1.89 bits per heavy atom. The molecule has 2 aromatic carbocycles. The maximum atomic E-state index is 11.0. The molecule has 0 aromatic heterocycles. The predicted octanol–water partition coefficient (Wildman–Crippen LogP) is 4.03. The smallest absolute Gasteiger partial charge is 0.325 e. The number of anilines is 1. The average molecular weight is 388 g/mol. The molecule has 2 aromatic rings. The molecule has 0 aliphatic heterocycles. The highest BCUT2D eigenvalue weighted by Gasteiger charge is 2.13. The van der Waals surface area contributed by atoms with Crippen LogP contribution in [-0.2, 0) is 11.0 Å². The molecule has 0 heterocycles. The van der Waals surface area contributed by atoms with Crippen molar-refractivity contribution >= 4 is 19.1 Å². The molecule has 0 bridgehead atoms. The van der Waals surface area contributed by atoms with Gasteiger partial charge < -0.3 is 19.8 Å². The summed E-state index contributed by atoms with van der Waals surface area (Å²) in [6.45, 7) is 7.68. The molecule has 27 heavy (non-hydrogen) atoms. The number of rotatable bonds is 7. The number of nitrogens with one attached hydrogen (secondary N) is 1. The molecule has 0 saturated carbocycles. The van der Waals surface area contributed by atoms with Gasteiger partial charge in [0.15, 0.2) is 0 Å². The van der Waals surface area contributed by atoms with E-state index >= 15 is 0 Å². The van der Waals surface area contributed by atoms with Crippen molar-refractivity contribution in [3.8, 4) is 5.75 Å². The molecule has 0 unspecified atom stereocenters. The zero-order valence-electron chi connectivity index (χ0n) is 15.8. The number of ether oxygens (including phenoxy) is 1. The second-order valence-electron chi connectivity index (χ2n) is 6.26. The monoisotopic (exact) mass is 388 g/mol. The molecule has 0 saturated heterocycles. The zero-order chi connectivity index (χ0) is 20.0. The van der Waals surface area contributed by atoms with Crippen LogP contribution in [0.1, 0.15) is 22.3 Å². The summed E-state index contributed by atoms with van der Waals surface area (Å²) in [6.07, 6.45) is 1.64. The van der Waals surface area contributed by atoms with E-state index in [0.29, 0.717) is 12.3 Å². The Morgan fingerprint density at radius 1 is 1.22 bits per heavy atom. The maximum Gasteiger partial charge on any atom is 0.325 e. The van der Waals surface area contributed by atoms with Crippen molar-refractivity contribution in [2.45, 2.75) is 20.3 Å². The van der Waals surface area contributed by atoms with E-state index in [1.165, 1.54) is 6.20 Å². The first-order valence-corrected chi connectivity index (χ1v) is 10.3. The lowest BCUT2D eigenvalue weighted by molar-refractivity contribution is 0.373. The molecular formula is C20H25N2O4P. The second kappa shape index (κ2) is 9.00. The molecule has 0 amide bonds. The Kier molecular flexibility index (Phi) is 6.97. The van der Waals surface area contributed by atoms with Crippen LogP contribution in [-0.4, -0.2) is 28.9 Å².